The van der Waals surface area contributed by atoms with E-state index >= 15 is 0 Å². The van der Waals surface area contributed by atoms with E-state index in [2.05, 4.69) is 10.4 Å². The Morgan fingerprint density at radius 2 is 1.85 bits per heavy atom. The molecule has 2 aromatic carbocycles. The zero-order valence-electron chi connectivity index (χ0n) is 19.8. The highest BCUT2D eigenvalue weighted by atomic mass is 32.2. The molecule has 1 aromatic heterocycles. The fourth-order valence-electron chi connectivity index (χ4n) is 3.33. The molecule has 8 nitrogen and oxygen atoms in total. The molecule has 180 valence electrons. The van der Waals surface area contributed by atoms with Crippen molar-refractivity contribution in [2.75, 3.05) is 18.4 Å². The second-order valence-corrected chi connectivity index (χ2v) is 9.73. The summed E-state index contributed by atoms with van der Waals surface area (Å²) in [5, 5.41) is 7.06. The molecular formula is C25H30N4O4S. The van der Waals surface area contributed by atoms with Crippen LogP contribution in [0.15, 0.2) is 71.9 Å². The van der Waals surface area contributed by atoms with Gasteiger partial charge < -0.3 is 10.1 Å². The van der Waals surface area contributed by atoms with Gasteiger partial charge in [0.25, 0.3) is 0 Å². The summed E-state index contributed by atoms with van der Waals surface area (Å²) >= 11 is 0. The number of ether oxygens (including phenoxy) is 1. The van der Waals surface area contributed by atoms with Crippen molar-refractivity contribution in [3.8, 4) is 11.4 Å². The molecule has 1 amide bonds. The van der Waals surface area contributed by atoms with Crippen LogP contribution in [0, 0.1) is 0 Å². The lowest BCUT2D eigenvalue weighted by atomic mass is 10.2. The highest BCUT2D eigenvalue weighted by Crippen LogP contribution is 2.30. The van der Waals surface area contributed by atoms with Crippen LogP contribution in [-0.2, 0) is 14.8 Å². The number of carbonyl (C=O) groups is 1. The standard InChI is InChI=1S/C25H30N4O4S/c1-5-28(6-2)34(31,32)22-13-14-24(33-19(3)4)23(16-22)27-25(30)15-12-20-17-26-29(18-20)21-10-8-7-9-11-21/h7-19H,5-6H2,1-4H3,(H,27,30)/b15-12+. The van der Waals surface area contributed by atoms with Gasteiger partial charge in [-0.3, -0.25) is 4.79 Å². The number of benzene rings is 2. The summed E-state index contributed by atoms with van der Waals surface area (Å²) in [5.41, 5.74) is 1.94. The van der Waals surface area contributed by atoms with E-state index < -0.39 is 15.9 Å². The molecule has 0 atom stereocenters. The Balaban J connectivity index is 1.82. The molecule has 0 aliphatic heterocycles. The van der Waals surface area contributed by atoms with Crippen LogP contribution in [0.1, 0.15) is 33.3 Å². The monoisotopic (exact) mass is 482 g/mol. The molecule has 1 N–H and O–H groups in total. The molecule has 0 saturated heterocycles. The Kier molecular flexibility index (Phi) is 8.25. The van der Waals surface area contributed by atoms with E-state index in [1.54, 1.807) is 36.9 Å². The number of nitrogens with one attached hydrogen (secondary N) is 1. The van der Waals surface area contributed by atoms with Crippen LogP contribution in [0.4, 0.5) is 5.69 Å². The van der Waals surface area contributed by atoms with Crippen LogP contribution < -0.4 is 10.1 Å². The van der Waals surface area contributed by atoms with E-state index in [1.165, 1.54) is 22.5 Å². The van der Waals surface area contributed by atoms with Crippen molar-refractivity contribution >= 4 is 27.7 Å². The van der Waals surface area contributed by atoms with Crippen LogP contribution in [0.5, 0.6) is 5.75 Å². The number of aromatic nitrogens is 2. The van der Waals surface area contributed by atoms with Gasteiger partial charge in [0.2, 0.25) is 15.9 Å². The molecule has 0 radical (unpaired) electrons. The number of nitrogens with zero attached hydrogens (tertiary/aromatic N) is 3. The van der Waals surface area contributed by atoms with Gasteiger partial charge in [-0.2, -0.15) is 9.40 Å². The zero-order valence-corrected chi connectivity index (χ0v) is 20.6. The number of amides is 1. The Labute approximate surface area is 200 Å². The molecule has 0 aliphatic rings. The number of anilines is 1. The summed E-state index contributed by atoms with van der Waals surface area (Å²) in [6, 6.07) is 14.1. The van der Waals surface area contributed by atoms with Crippen molar-refractivity contribution in [3.05, 3.63) is 72.6 Å². The first-order valence-electron chi connectivity index (χ1n) is 11.1. The van der Waals surface area contributed by atoms with E-state index in [9.17, 15) is 13.2 Å². The minimum absolute atomic E-state index is 0.0933. The maximum atomic E-state index is 12.9. The summed E-state index contributed by atoms with van der Waals surface area (Å²) in [7, 11) is -3.69. The molecule has 0 spiro atoms. The van der Waals surface area contributed by atoms with E-state index in [0.29, 0.717) is 18.8 Å². The number of rotatable bonds is 10. The predicted octanol–water partition coefficient (Wildman–Crippen LogP) is 4.34. The van der Waals surface area contributed by atoms with Crippen molar-refractivity contribution in [3.63, 3.8) is 0 Å². The van der Waals surface area contributed by atoms with E-state index in [1.807, 2.05) is 50.4 Å². The largest absolute Gasteiger partial charge is 0.489 e. The van der Waals surface area contributed by atoms with Crippen molar-refractivity contribution in [1.82, 2.24) is 14.1 Å². The Morgan fingerprint density at radius 1 is 1.15 bits per heavy atom. The van der Waals surface area contributed by atoms with Crippen molar-refractivity contribution in [1.29, 1.82) is 0 Å². The van der Waals surface area contributed by atoms with Crippen molar-refractivity contribution in [2.45, 2.75) is 38.7 Å². The fraction of sp³-hybridized carbons (Fsp3) is 0.280. The average molecular weight is 483 g/mol. The molecule has 3 rings (SSSR count). The van der Waals surface area contributed by atoms with Crippen LogP contribution in [-0.4, -0.2) is 47.6 Å². The first kappa shape index (κ1) is 25.2. The summed E-state index contributed by atoms with van der Waals surface area (Å²) in [6.07, 6.45) is 6.32. The average Bonchev–Trinajstić information content (AvgIpc) is 3.29. The van der Waals surface area contributed by atoms with Crippen LogP contribution in [0.2, 0.25) is 0 Å². The second-order valence-electron chi connectivity index (χ2n) is 7.79. The van der Waals surface area contributed by atoms with E-state index in [4.69, 9.17) is 4.74 Å². The molecule has 3 aromatic rings. The molecule has 34 heavy (non-hydrogen) atoms. The van der Waals surface area contributed by atoms with Gasteiger partial charge in [-0.1, -0.05) is 32.0 Å². The van der Waals surface area contributed by atoms with Gasteiger partial charge in [-0.05, 0) is 50.3 Å². The molecule has 0 fully saturated rings. The predicted molar refractivity (Wildman–Crippen MR) is 134 cm³/mol. The third-order valence-corrected chi connectivity index (χ3v) is 7.01. The van der Waals surface area contributed by atoms with Crippen LogP contribution in [0.3, 0.4) is 0 Å². The van der Waals surface area contributed by atoms with E-state index in [-0.39, 0.29) is 16.7 Å². The third kappa shape index (κ3) is 6.12. The minimum atomic E-state index is -3.69. The Morgan fingerprint density at radius 3 is 2.50 bits per heavy atom. The summed E-state index contributed by atoms with van der Waals surface area (Å²) in [6.45, 7) is 7.98. The summed E-state index contributed by atoms with van der Waals surface area (Å²) < 4.78 is 34.8. The molecule has 9 heteroatoms. The second kappa shape index (κ2) is 11.1. The maximum Gasteiger partial charge on any atom is 0.248 e. The quantitative estimate of drug-likeness (QED) is 0.434. The van der Waals surface area contributed by atoms with E-state index in [0.717, 1.165) is 11.3 Å². The topological polar surface area (TPSA) is 93.5 Å². The lowest BCUT2D eigenvalue weighted by Gasteiger charge is -2.20. The molecule has 0 bridgehead atoms. The lowest BCUT2D eigenvalue weighted by Crippen LogP contribution is -2.30. The summed E-state index contributed by atoms with van der Waals surface area (Å²) in [5.74, 6) is -0.0226. The van der Waals surface area contributed by atoms with Gasteiger partial charge in [0.15, 0.2) is 0 Å². The molecule has 1 heterocycles. The number of para-hydroxylation sites is 1. The third-order valence-electron chi connectivity index (χ3n) is 4.97. The van der Waals surface area contributed by atoms with Crippen LogP contribution >= 0.6 is 0 Å². The smallest absolute Gasteiger partial charge is 0.248 e. The maximum absolute atomic E-state index is 12.9. The zero-order chi connectivity index (χ0) is 24.7. The van der Waals surface area contributed by atoms with Crippen molar-refractivity contribution in [2.24, 2.45) is 0 Å². The van der Waals surface area contributed by atoms with Gasteiger partial charge in [0.05, 0.1) is 28.6 Å². The SMILES string of the molecule is CCN(CC)S(=O)(=O)c1ccc(OC(C)C)c(NC(=O)/C=C/c2cnn(-c3ccccc3)c2)c1. The molecule has 0 saturated carbocycles. The highest BCUT2D eigenvalue weighted by molar-refractivity contribution is 7.89. The number of hydrogen-bond acceptors (Lipinski definition) is 5. The highest BCUT2D eigenvalue weighted by Gasteiger charge is 2.23. The first-order valence-corrected chi connectivity index (χ1v) is 12.6. The van der Waals surface area contributed by atoms with Gasteiger partial charge in [-0.25, -0.2) is 13.1 Å². The number of sulfonamides is 1. The molecule has 0 aliphatic carbocycles. The number of hydrogen-bond donors (Lipinski definition) is 1. The van der Waals surface area contributed by atoms with Gasteiger partial charge in [-0.15, -0.1) is 0 Å². The normalized spacial score (nSPS) is 11.9. The first-order chi connectivity index (χ1) is 16.2. The minimum Gasteiger partial charge on any atom is -0.489 e. The molecule has 0 unspecified atom stereocenters. The van der Waals surface area contributed by atoms with Gasteiger partial charge in [0.1, 0.15) is 5.75 Å². The Bertz CT molecular complexity index is 1250. The lowest BCUT2D eigenvalue weighted by molar-refractivity contribution is -0.111. The fourth-order valence-corrected chi connectivity index (χ4v) is 4.81. The van der Waals surface area contributed by atoms with Gasteiger partial charge in [0, 0.05) is 30.9 Å². The van der Waals surface area contributed by atoms with Gasteiger partial charge >= 0.3 is 0 Å². The Hall–Kier alpha value is -3.43. The van der Waals surface area contributed by atoms with Crippen molar-refractivity contribution < 1.29 is 17.9 Å². The molecular weight excluding hydrogens is 452 g/mol. The number of carbonyl (C=O) groups excluding carboxylic acids is 1. The summed E-state index contributed by atoms with van der Waals surface area (Å²) in [4.78, 5) is 12.8. The van der Waals surface area contributed by atoms with Crippen LogP contribution in [0.25, 0.3) is 11.8 Å².